The molecule has 0 unspecified atom stereocenters. The van der Waals surface area contributed by atoms with Gasteiger partial charge in [0.25, 0.3) is 5.91 Å². The van der Waals surface area contributed by atoms with Crippen LogP contribution in [0.4, 0.5) is 0 Å². The zero-order valence-electron chi connectivity index (χ0n) is 47.8. The van der Waals surface area contributed by atoms with Crippen LogP contribution in [0.15, 0.2) is 245 Å². The molecule has 11 N–H and O–H groups in total. The van der Waals surface area contributed by atoms with Crippen LogP contribution in [0.5, 0.6) is 0 Å². The number of thiophene rings is 4. The number of aromatic amines is 2. The first-order valence-electron chi connectivity index (χ1n) is 26.3. The number of amides is 1. The van der Waals surface area contributed by atoms with Crippen LogP contribution in [0.2, 0.25) is 0 Å². The molecule has 427 valence electrons. The van der Waals surface area contributed by atoms with Crippen molar-refractivity contribution >= 4 is 77.4 Å². The van der Waals surface area contributed by atoms with Gasteiger partial charge in [0.2, 0.25) is 5.78 Å². The molecule has 0 aliphatic rings. The van der Waals surface area contributed by atoms with Gasteiger partial charge in [-0.15, -0.1) is 45.3 Å². The van der Waals surface area contributed by atoms with Gasteiger partial charge in [0.1, 0.15) is 6.54 Å². The molecule has 0 aliphatic heterocycles. The van der Waals surface area contributed by atoms with Crippen LogP contribution >= 0.6 is 45.3 Å². The summed E-state index contributed by atoms with van der Waals surface area (Å²) in [7, 11) is 0. The second-order valence-corrected chi connectivity index (χ2v) is 22.4. The average molecular weight is 1210 g/mol. The van der Waals surface area contributed by atoms with Gasteiger partial charge >= 0.3 is 29.6 Å². The van der Waals surface area contributed by atoms with Crippen molar-refractivity contribution in [2.24, 2.45) is 27.9 Å². The molecule has 0 saturated heterocycles. The molecule has 85 heavy (non-hydrogen) atoms. The zero-order valence-corrected chi connectivity index (χ0v) is 52.1. The molecular formula is C67H69BN10NaO2S4. The Hall–Kier alpha value is -8.26. The summed E-state index contributed by atoms with van der Waals surface area (Å²) in [5.74, 6) is -0.865. The Balaban J connectivity index is 0.000000238. The molecule has 12 rings (SSSR count). The van der Waals surface area contributed by atoms with Gasteiger partial charge in [0, 0.05) is 88.7 Å². The van der Waals surface area contributed by atoms with Crippen LogP contribution in [-0.2, 0) is 37.1 Å². The number of rotatable bonds is 15. The fraction of sp³-hybridized carbons (Fsp3) is 0.104. The minimum Gasteiger partial charge on any atom is -1.00 e. The monoisotopic (exact) mass is 1210 g/mol. The van der Waals surface area contributed by atoms with Crippen LogP contribution in [-0.4, -0.2) is 51.1 Å². The molecule has 0 saturated carbocycles. The molecule has 12 nitrogen and oxygen atoms in total. The summed E-state index contributed by atoms with van der Waals surface area (Å²) in [6, 6.07) is 74.1. The van der Waals surface area contributed by atoms with Crippen molar-refractivity contribution in [3.8, 4) is 45.0 Å². The van der Waals surface area contributed by atoms with E-state index in [1.807, 2.05) is 136 Å². The Bertz CT molecular complexity index is 3840. The first kappa shape index (κ1) is 67.5. The largest absolute Gasteiger partial charge is 1.00 e. The van der Waals surface area contributed by atoms with Crippen molar-refractivity contribution in [3.63, 3.8) is 0 Å². The van der Waals surface area contributed by atoms with E-state index >= 15 is 0 Å². The minimum atomic E-state index is -0.365. The van der Waals surface area contributed by atoms with Crippen molar-refractivity contribution in [3.05, 3.63) is 282 Å². The summed E-state index contributed by atoms with van der Waals surface area (Å²) in [5.41, 5.74) is 33.0. The maximum atomic E-state index is 12.1. The number of aromatic nitrogens is 4. The topological polar surface area (TPSA) is 216 Å². The third kappa shape index (κ3) is 20.5. The van der Waals surface area contributed by atoms with Gasteiger partial charge in [0.15, 0.2) is 11.9 Å². The maximum Gasteiger partial charge on any atom is 1.00 e. The first-order valence-corrected chi connectivity index (χ1v) is 29.9. The summed E-state index contributed by atoms with van der Waals surface area (Å²) in [6.07, 6.45) is 2.78. The van der Waals surface area contributed by atoms with E-state index in [4.69, 9.17) is 16.9 Å². The molecule has 8 heterocycles. The van der Waals surface area contributed by atoms with Crippen LogP contribution < -0.4 is 52.5 Å². The van der Waals surface area contributed by atoms with Crippen LogP contribution in [0.3, 0.4) is 0 Å². The normalized spacial score (nSPS) is 9.99. The number of H-pyrrole nitrogens is 2. The van der Waals surface area contributed by atoms with Gasteiger partial charge in [-0.2, -0.15) is 4.99 Å². The summed E-state index contributed by atoms with van der Waals surface area (Å²) in [6.45, 7) is 3.33. The Morgan fingerprint density at radius 2 is 0.906 bits per heavy atom. The zero-order chi connectivity index (χ0) is 57.5. The van der Waals surface area contributed by atoms with Crippen molar-refractivity contribution < 1.29 is 40.6 Å². The Labute approximate surface area is 539 Å². The molecule has 4 aromatic carbocycles. The maximum absolute atomic E-state index is 12.1. The molecule has 0 atom stereocenters. The van der Waals surface area contributed by atoms with E-state index in [2.05, 4.69) is 158 Å². The molecule has 1 amide bonds. The van der Waals surface area contributed by atoms with E-state index in [1.54, 1.807) is 22.7 Å². The smallest absolute Gasteiger partial charge is 1.00 e. The number of nitrogens with one attached hydrogen (secondary N) is 3. The SMILES string of the molecule is C.CCn1c(Cc2cccs2)ccc1-c1ccccc1.N=C(N)N.NC(N)=NC(=O)Cn1c(Cc2cccs2)ccc1-c1ccccc1.O=C(c1ccc(-c2ccccc2)[nH]1)c1cccs1.[B].[H-].[Na+].c1ccc(-c2ccc(Cc3cccs3)[nH]2)cc1. The van der Waals surface area contributed by atoms with Gasteiger partial charge in [-0.3, -0.25) is 15.0 Å². The van der Waals surface area contributed by atoms with E-state index in [-0.39, 0.29) is 77.0 Å². The van der Waals surface area contributed by atoms with E-state index in [0.717, 1.165) is 58.9 Å². The van der Waals surface area contributed by atoms with E-state index in [0.29, 0.717) is 5.69 Å². The summed E-state index contributed by atoms with van der Waals surface area (Å²) < 4.78 is 4.39. The van der Waals surface area contributed by atoms with Gasteiger partial charge < -0.3 is 43.5 Å². The number of hydrogen-bond donors (Lipinski definition) is 7. The van der Waals surface area contributed by atoms with Crippen molar-refractivity contribution in [1.82, 2.24) is 19.1 Å². The number of carbonyl (C=O) groups is 2. The third-order valence-corrected chi connectivity index (χ3v) is 16.0. The van der Waals surface area contributed by atoms with Crippen LogP contribution in [0, 0.1) is 5.41 Å². The number of ketones is 1. The first-order chi connectivity index (χ1) is 40.0. The molecule has 0 fully saturated rings. The number of hydrogen-bond acceptors (Lipinski definition) is 7. The van der Waals surface area contributed by atoms with Gasteiger partial charge in [-0.05, 0) is 123 Å². The Kier molecular flexibility index (Phi) is 27.9. The molecular weight excluding hydrogens is 1140 g/mol. The number of nitrogens with two attached hydrogens (primary N) is 4. The summed E-state index contributed by atoms with van der Waals surface area (Å²) in [5, 5.41) is 14.3. The number of benzene rings is 4. The molecule has 12 aromatic rings. The van der Waals surface area contributed by atoms with Crippen LogP contribution in [0.25, 0.3) is 45.0 Å². The molecule has 0 bridgehead atoms. The predicted molar refractivity (Wildman–Crippen MR) is 358 cm³/mol. The van der Waals surface area contributed by atoms with Gasteiger partial charge in [-0.1, -0.05) is 153 Å². The Morgan fingerprint density at radius 1 is 0.494 bits per heavy atom. The van der Waals surface area contributed by atoms with Gasteiger partial charge in [-0.25, -0.2) is 0 Å². The summed E-state index contributed by atoms with van der Waals surface area (Å²) in [4.78, 5) is 39.3. The quantitative estimate of drug-likeness (QED) is 0.0229. The fourth-order valence-corrected chi connectivity index (χ4v) is 11.7. The number of guanidine groups is 2. The fourth-order valence-electron chi connectivity index (χ4n) is 8.89. The molecule has 0 spiro atoms. The number of nitrogens with zero attached hydrogens (tertiary/aromatic N) is 3. The molecule has 0 aliphatic carbocycles. The standard InChI is InChI=1S/C18H18N4OS.C17H17NS.C15H11NOS.C15H13NS.CH5N3.CH4.B.Na.H/c19-18(20)21-17(23)12-22-14(11-15-7-4-10-24-15)8-9-16(22)13-5-2-1-3-6-13;1-2-18-15(13-16-9-6-12-19-16)10-11-17(18)14-7-4-3-5-8-14;17-15(14-7-4-10-18-14)13-9-8-12(16-13)11-5-2-1-3-6-11;1-2-5-12(6-3-1)15-9-8-13(16-15)11-14-7-4-10-17-14;2-1(3)4;;;;/h1-10H,11-12H2,(H4,19,20,21,23);3-12H,2,13H2,1H3;1-10,16H;1-10,16H,11H2;(H5,2,3,4);1H4;;;/q;;;;;;;+1;-1. The van der Waals surface area contributed by atoms with Crippen molar-refractivity contribution in [1.29, 1.82) is 5.41 Å². The number of carbonyl (C=O) groups excluding carboxylic acids is 2. The summed E-state index contributed by atoms with van der Waals surface area (Å²) >= 11 is 6.79. The average Bonchev–Trinajstić information content (AvgIpc) is 4.33. The van der Waals surface area contributed by atoms with Crippen molar-refractivity contribution in [2.45, 2.75) is 46.7 Å². The molecule has 8 aromatic heterocycles. The van der Waals surface area contributed by atoms with Crippen LogP contribution in [0.1, 0.15) is 62.9 Å². The van der Waals surface area contributed by atoms with E-state index < -0.39 is 0 Å². The van der Waals surface area contributed by atoms with E-state index in [1.165, 1.54) is 59.9 Å². The number of aliphatic imine (C=N–C) groups is 1. The Morgan fingerprint density at radius 3 is 1.34 bits per heavy atom. The minimum absolute atomic E-state index is 0. The molecule has 3 radical (unpaired) electrons. The third-order valence-electron chi connectivity index (χ3n) is 12.6. The second kappa shape index (κ2) is 35.1. The van der Waals surface area contributed by atoms with Gasteiger partial charge in [0.05, 0.1) is 10.6 Å². The van der Waals surface area contributed by atoms with E-state index in [9.17, 15) is 9.59 Å². The second-order valence-electron chi connectivity index (χ2n) is 18.4. The molecule has 18 heteroatoms. The predicted octanol–water partition coefficient (Wildman–Crippen LogP) is 12.0. The van der Waals surface area contributed by atoms with Crippen molar-refractivity contribution in [2.75, 3.05) is 0 Å².